The SMILES string of the molecule is Cc1c(C(=O)NCC(C)(C)N(C)C)noc1OO. The summed E-state index contributed by atoms with van der Waals surface area (Å²) in [6.45, 7) is 6.05. The van der Waals surface area contributed by atoms with Crippen LogP contribution in [0.15, 0.2) is 4.52 Å². The van der Waals surface area contributed by atoms with Crippen LogP contribution in [-0.4, -0.2) is 47.4 Å². The number of nitrogens with zero attached hydrogens (tertiary/aromatic N) is 2. The van der Waals surface area contributed by atoms with Crippen LogP contribution in [0.4, 0.5) is 0 Å². The number of carbonyl (C=O) groups excluding carboxylic acids is 1. The van der Waals surface area contributed by atoms with Crippen molar-refractivity contribution in [2.24, 2.45) is 0 Å². The predicted octanol–water partition coefficient (Wildman–Crippen LogP) is 0.905. The van der Waals surface area contributed by atoms with Crippen molar-refractivity contribution < 1.29 is 19.5 Å². The number of hydrogen-bond donors (Lipinski definition) is 2. The van der Waals surface area contributed by atoms with Crippen molar-refractivity contribution in [1.82, 2.24) is 15.4 Å². The van der Waals surface area contributed by atoms with Crippen molar-refractivity contribution in [3.05, 3.63) is 11.3 Å². The maximum Gasteiger partial charge on any atom is 0.350 e. The van der Waals surface area contributed by atoms with Gasteiger partial charge in [-0.05, 0) is 34.9 Å². The molecule has 0 saturated heterocycles. The van der Waals surface area contributed by atoms with Gasteiger partial charge in [-0.15, -0.1) is 0 Å². The van der Waals surface area contributed by atoms with E-state index in [0.29, 0.717) is 12.1 Å². The molecule has 18 heavy (non-hydrogen) atoms. The van der Waals surface area contributed by atoms with Crippen LogP contribution >= 0.6 is 0 Å². The fourth-order valence-corrected chi connectivity index (χ4v) is 1.16. The van der Waals surface area contributed by atoms with E-state index in [2.05, 4.69) is 19.9 Å². The van der Waals surface area contributed by atoms with Gasteiger partial charge in [-0.1, -0.05) is 5.16 Å². The molecule has 0 fully saturated rings. The van der Waals surface area contributed by atoms with Gasteiger partial charge < -0.3 is 14.7 Å². The van der Waals surface area contributed by atoms with Crippen molar-refractivity contribution in [3.8, 4) is 5.95 Å². The predicted molar refractivity (Wildman–Crippen MR) is 64.6 cm³/mol. The topological polar surface area (TPSA) is 87.8 Å². The van der Waals surface area contributed by atoms with Crippen LogP contribution in [0.2, 0.25) is 0 Å². The summed E-state index contributed by atoms with van der Waals surface area (Å²) < 4.78 is 4.65. The van der Waals surface area contributed by atoms with E-state index in [4.69, 9.17) is 5.26 Å². The van der Waals surface area contributed by atoms with Crippen molar-refractivity contribution in [3.63, 3.8) is 0 Å². The Kier molecular flexibility index (Phi) is 4.31. The third-order valence-electron chi connectivity index (χ3n) is 3.07. The lowest BCUT2D eigenvalue weighted by Crippen LogP contribution is -2.48. The lowest BCUT2D eigenvalue weighted by molar-refractivity contribution is -0.158. The molecule has 0 aromatic carbocycles. The fourth-order valence-electron chi connectivity index (χ4n) is 1.16. The molecule has 0 aliphatic heterocycles. The molecule has 0 unspecified atom stereocenters. The molecule has 0 aliphatic rings. The number of aromatic nitrogens is 1. The molecular formula is C11H19N3O4. The number of carbonyl (C=O) groups is 1. The van der Waals surface area contributed by atoms with E-state index in [9.17, 15) is 4.79 Å². The average Bonchev–Trinajstić information content (AvgIpc) is 2.67. The maximum absolute atomic E-state index is 11.9. The molecule has 0 radical (unpaired) electrons. The Hall–Kier alpha value is -1.60. The van der Waals surface area contributed by atoms with Crippen LogP contribution in [0.5, 0.6) is 5.95 Å². The van der Waals surface area contributed by atoms with Gasteiger partial charge in [-0.3, -0.25) is 9.68 Å². The number of rotatable bonds is 5. The Balaban J connectivity index is 2.69. The normalized spacial score (nSPS) is 11.7. The molecule has 1 aromatic heterocycles. The van der Waals surface area contributed by atoms with E-state index >= 15 is 0 Å². The number of nitrogens with one attached hydrogen (secondary N) is 1. The van der Waals surface area contributed by atoms with Gasteiger partial charge in [-0.2, -0.15) is 5.26 Å². The molecule has 1 heterocycles. The minimum atomic E-state index is -0.366. The molecule has 7 heteroatoms. The highest BCUT2D eigenvalue weighted by Gasteiger charge is 2.24. The van der Waals surface area contributed by atoms with Crippen LogP contribution in [0, 0.1) is 6.92 Å². The first-order valence-corrected chi connectivity index (χ1v) is 5.53. The molecule has 1 amide bonds. The molecule has 0 atom stereocenters. The van der Waals surface area contributed by atoms with Crippen LogP contribution in [0.25, 0.3) is 0 Å². The third-order valence-corrected chi connectivity index (χ3v) is 3.07. The second kappa shape index (κ2) is 5.36. The van der Waals surface area contributed by atoms with E-state index in [1.807, 2.05) is 32.8 Å². The Morgan fingerprint density at radius 3 is 2.61 bits per heavy atom. The minimum absolute atomic E-state index is 0.105. The zero-order valence-corrected chi connectivity index (χ0v) is 11.3. The van der Waals surface area contributed by atoms with Gasteiger partial charge in [-0.25, -0.2) is 0 Å². The zero-order chi connectivity index (χ0) is 13.9. The first-order chi connectivity index (χ1) is 8.29. The van der Waals surface area contributed by atoms with E-state index in [0.717, 1.165) is 0 Å². The summed E-state index contributed by atoms with van der Waals surface area (Å²) in [5.41, 5.74) is 0.287. The fraction of sp³-hybridized carbons (Fsp3) is 0.636. The van der Waals surface area contributed by atoms with Crippen molar-refractivity contribution >= 4 is 5.91 Å². The molecule has 0 aliphatic carbocycles. The summed E-state index contributed by atoms with van der Waals surface area (Å²) >= 11 is 0. The Labute approximate surface area is 106 Å². The van der Waals surface area contributed by atoms with E-state index in [1.54, 1.807) is 6.92 Å². The van der Waals surface area contributed by atoms with Gasteiger partial charge in [0, 0.05) is 12.1 Å². The highest BCUT2D eigenvalue weighted by Crippen LogP contribution is 2.20. The molecule has 2 N–H and O–H groups in total. The summed E-state index contributed by atoms with van der Waals surface area (Å²) in [5.74, 6) is -0.540. The molecule has 0 spiro atoms. The van der Waals surface area contributed by atoms with Gasteiger partial charge >= 0.3 is 5.95 Å². The first kappa shape index (κ1) is 14.5. The summed E-state index contributed by atoms with van der Waals surface area (Å²) in [6, 6.07) is 0. The Morgan fingerprint density at radius 2 is 2.17 bits per heavy atom. The van der Waals surface area contributed by atoms with E-state index in [-0.39, 0.29) is 23.1 Å². The second-order valence-corrected chi connectivity index (χ2v) is 4.92. The smallest absolute Gasteiger partial charge is 0.349 e. The summed E-state index contributed by atoms with van der Waals surface area (Å²) in [4.78, 5) is 17.8. The Morgan fingerprint density at radius 1 is 1.56 bits per heavy atom. The monoisotopic (exact) mass is 257 g/mol. The first-order valence-electron chi connectivity index (χ1n) is 5.53. The van der Waals surface area contributed by atoms with Gasteiger partial charge in [0.25, 0.3) is 5.91 Å². The molecule has 1 aromatic rings. The van der Waals surface area contributed by atoms with E-state index in [1.165, 1.54) is 0 Å². The van der Waals surface area contributed by atoms with Gasteiger partial charge in [0.05, 0.1) is 5.56 Å². The highest BCUT2D eigenvalue weighted by molar-refractivity contribution is 5.93. The van der Waals surface area contributed by atoms with E-state index < -0.39 is 0 Å². The standard InChI is InChI=1S/C11H19N3O4/c1-7-8(13-17-10(7)18-16)9(15)12-6-11(2,3)14(4)5/h16H,6H2,1-5H3,(H,12,15). The third kappa shape index (κ3) is 2.99. The largest absolute Gasteiger partial charge is 0.350 e. The average molecular weight is 257 g/mol. The van der Waals surface area contributed by atoms with Crippen molar-refractivity contribution in [2.45, 2.75) is 26.3 Å². The zero-order valence-electron chi connectivity index (χ0n) is 11.3. The van der Waals surface area contributed by atoms with Gasteiger partial charge in [0.2, 0.25) is 0 Å². The summed E-state index contributed by atoms with van der Waals surface area (Å²) in [7, 11) is 3.87. The lowest BCUT2D eigenvalue weighted by Gasteiger charge is -2.32. The van der Waals surface area contributed by atoms with Gasteiger partial charge in [0.15, 0.2) is 5.69 Å². The molecular weight excluding hydrogens is 238 g/mol. The number of amides is 1. The van der Waals surface area contributed by atoms with Crippen LogP contribution in [-0.2, 0) is 0 Å². The molecule has 102 valence electrons. The quantitative estimate of drug-likeness (QED) is 0.602. The van der Waals surface area contributed by atoms with Crippen LogP contribution < -0.4 is 10.2 Å². The molecule has 0 saturated carbocycles. The Bertz CT molecular complexity index is 426. The molecule has 7 nitrogen and oxygen atoms in total. The second-order valence-electron chi connectivity index (χ2n) is 4.92. The minimum Gasteiger partial charge on any atom is -0.349 e. The number of likely N-dealkylation sites (N-methyl/N-ethyl adjacent to an activating group) is 1. The number of hydrogen-bond acceptors (Lipinski definition) is 6. The highest BCUT2D eigenvalue weighted by atomic mass is 17.1. The summed E-state index contributed by atoms with van der Waals surface area (Å²) in [6.07, 6.45) is 0. The summed E-state index contributed by atoms with van der Waals surface area (Å²) in [5, 5.41) is 14.8. The van der Waals surface area contributed by atoms with Crippen LogP contribution in [0.3, 0.4) is 0 Å². The van der Waals surface area contributed by atoms with Crippen LogP contribution in [0.1, 0.15) is 29.9 Å². The van der Waals surface area contributed by atoms with Crippen molar-refractivity contribution in [2.75, 3.05) is 20.6 Å². The maximum atomic E-state index is 11.9. The molecule has 0 bridgehead atoms. The molecule has 1 rings (SSSR count). The van der Waals surface area contributed by atoms with Crippen molar-refractivity contribution in [1.29, 1.82) is 0 Å². The lowest BCUT2D eigenvalue weighted by atomic mass is 10.0. The van der Waals surface area contributed by atoms with Gasteiger partial charge in [0.1, 0.15) is 0 Å².